The van der Waals surface area contributed by atoms with Crippen molar-refractivity contribution in [1.29, 1.82) is 0 Å². The lowest BCUT2D eigenvalue weighted by molar-refractivity contribution is -0.142. The van der Waals surface area contributed by atoms with Crippen molar-refractivity contribution >= 4 is 29.3 Å². The lowest BCUT2D eigenvalue weighted by Gasteiger charge is -1.98. The SMILES string of the molecule is CCOC(=O)CCSCCl. The zero-order chi connectivity index (χ0) is 7.82. The van der Waals surface area contributed by atoms with Crippen LogP contribution in [0, 0.1) is 0 Å². The van der Waals surface area contributed by atoms with Crippen LogP contribution in [0.4, 0.5) is 0 Å². The summed E-state index contributed by atoms with van der Waals surface area (Å²) in [5.41, 5.74) is 0. The third-order valence-electron chi connectivity index (χ3n) is 0.833. The Morgan fingerprint density at radius 1 is 1.70 bits per heavy atom. The summed E-state index contributed by atoms with van der Waals surface area (Å²) in [5.74, 6) is 0.614. The molecule has 0 aliphatic rings. The summed E-state index contributed by atoms with van der Waals surface area (Å²) < 4.78 is 4.69. The predicted octanol–water partition coefficient (Wildman–Crippen LogP) is 1.87. The maximum Gasteiger partial charge on any atom is 0.306 e. The molecule has 0 saturated carbocycles. The summed E-state index contributed by atoms with van der Waals surface area (Å²) in [6, 6.07) is 0. The minimum Gasteiger partial charge on any atom is -0.466 e. The monoisotopic (exact) mass is 182 g/mol. The normalized spacial score (nSPS) is 9.40. The predicted molar refractivity (Wildman–Crippen MR) is 44.4 cm³/mol. The smallest absolute Gasteiger partial charge is 0.306 e. The van der Waals surface area contributed by atoms with Crippen molar-refractivity contribution in [2.75, 3.05) is 17.6 Å². The van der Waals surface area contributed by atoms with Gasteiger partial charge in [-0.15, -0.1) is 23.4 Å². The Morgan fingerprint density at radius 2 is 2.40 bits per heavy atom. The van der Waals surface area contributed by atoms with Crippen LogP contribution in [0.15, 0.2) is 0 Å². The number of rotatable bonds is 5. The number of hydrogen-bond donors (Lipinski definition) is 0. The summed E-state index contributed by atoms with van der Waals surface area (Å²) >= 11 is 6.90. The van der Waals surface area contributed by atoms with Crippen LogP contribution < -0.4 is 0 Å². The Balaban J connectivity index is 3.05. The first-order chi connectivity index (χ1) is 4.81. The quantitative estimate of drug-likeness (QED) is 0.369. The van der Waals surface area contributed by atoms with Gasteiger partial charge in [-0.05, 0) is 6.92 Å². The third kappa shape index (κ3) is 6.23. The highest BCUT2D eigenvalue weighted by Crippen LogP contribution is 2.04. The number of esters is 1. The maximum atomic E-state index is 10.6. The van der Waals surface area contributed by atoms with Gasteiger partial charge in [0, 0.05) is 5.75 Å². The molecule has 60 valence electrons. The number of ether oxygens (including phenoxy) is 1. The summed E-state index contributed by atoms with van der Waals surface area (Å²) in [4.78, 5) is 10.6. The van der Waals surface area contributed by atoms with Gasteiger partial charge in [-0.1, -0.05) is 0 Å². The van der Waals surface area contributed by atoms with E-state index in [0.717, 1.165) is 5.75 Å². The molecule has 4 heteroatoms. The van der Waals surface area contributed by atoms with E-state index in [4.69, 9.17) is 16.3 Å². The minimum absolute atomic E-state index is 0.139. The van der Waals surface area contributed by atoms with Crippen LogP contribution in [0.3, 0.4) is 0 Å². The highest BCUT2D eigenvalue weighted by atomic mass is 35.5. The fraction of sp³-hybridized carbons (Fsp3) is 0.833. The van der Waals surface area contributed by atoms with E-state index in [1.165, 1.54) is 11.8 Å². The molecular weight excluding hydrogens is 172 g/mol. The lowest BCUT2D eigenvalue weighted by atomic mass is 10.5. The van der Waals surface area contributed by atoms with Gasteiger partial charge in [-0.3, -0.25) is 4.79 Å². The molecule has 0 fully saturated rings. The van der Waals surface area contributed by atoms with Crippen molar-refractivity contribution in [3.63, 3.8) is 0 Å². The van der Waals surface area contributed by atoms with Gasteiger partial charge in [0.2, 0.25) is 0 Å². The van der Waals surface area contributed by atoms with E-state index in [0.29, 0.717) is 18.2 Å². The number of carbonyl (C=O) groups is 1. The maximum absolute atomic E-state index is 10.6. The van der Waals surface area contributed by atoms with Crippen LogP contribution in [0.25, 0.3) is 0 Å². The molecule has 0 aromatic heterocycles. The van der Waals surface area contributed by atoms with Gasteiger partial charge >= 0.3 is 5.97 Å². The number of alkyl halides is 1. The van der Waals surface area contributed by atoms with E-state index in [-0.39, 0.29) is 5.97 Å². The van der Waals surface area contributed by atoms with Gasteiger partial charge in [0.15, 0.2) is 0 Å². The van der Waals surface area contributed by atoms with Crippen molar-refractivity contribution in [2.45, 2.75) is 13.3 Å². The molecule has 10 heavy (non-hydrogen) atoms. The molecule has 0 bridgehead atoms. The van der Waals surface area contributed by atoms with Crippen molar-refractivity contribution in [2.24, 2.45) is 0 Å². The van der Waals surface area contributed by atoms with Crippen LogP contribution >= 0.6 is 23.4 Å². The molecule has 0 saturated heterocycles. The Labute approximate surface area is 70.3 Å². The van der Waals surface area contributed by atoms with Gasteiger partial charge in [0.25, 0.3) is 0 Å². The molecular formula is C6H11ClO2S. The average Bonchev–Trinajstić information content (AvgIpc) is 1.89. The first-order valence-corrected chi connectivity index (χ1v) is 4.79. The first kappa shape index (κ1) is 10.1. The van der Waals surface area contributed by atoms with E-state index in [1.54, 1.807) is 6.92 Å². The summed E-state index contributed by atoms with van der Waals surface area (Å²) in [7, 11) is 0. The number of thioether (sulfide) groups is 1. The van der Waals surface area contributed by atoms with E-state index in [9.17, 15) is 4.79 Å². The van der Waals surface area contributed by atoms with E-state index >= 15 is 0 Å². The van der Waals surface area contributed by atoms with Crippen molar-refractivity contribution in [1.82, 2.24) is 0 Å². The lowest BCUT2D eigenvalue weighted by Crippen LogP contribution is -2.04. The van der Waals surface area contributed by atoms with Gasteiger partial charge in [0.05, 0.1) is 18.2 Å². The molecule has 0 amide bonds. The minimum atomic E-state index is -0.139. The van der Waals surface area contributed by atoms with Crippen LogP contribution in [-0.2, 0) is 9.53 Å². The molecule has 0 aromatic rings. The zero-order valence-electron chi connectivity index (χ0n) is 5.93. The Bertz CT molecular complexity index is 97.7. The highest BCUT2D eigenvalue weighted by molar-refractivity contribution is 8.00. The summed E-state index contributed by atoms with van der Waals surface area (Å²) in [6.45, 7) is 2.26. The van der Waals surface area contributed by atoms with Gasteiger partial charge in [0.1, 0.15) is 0 Å². The number of hydrogen-bond acceptors (Lipinski definition) is 3. The molecule has 0 radical (unpaired) electrons. The van der Waals surface area contributed by atoms with Crippen molar-refractivity contribution in [3.8, 4) is 0 Å². The largest absolute Gasteiger partial charge is 0.466 e. The second kappa shape index (κ2) is 7.22. The molecule has 0 rings (SSSR count). The molecule has 2 nitrogen and oxygen atoms in total. The van der Waals surface area contributed by atoms with Crippen molar-refractivity contribution < 1.29 is 9.53 Å². The van der Waals surface area contributed by atoms with Crippen LogP contribution in [0.1, 0.15) is 13.3 Å². The second-order valence-electron chi connectivity index (χ2n) is 1.57. The molecule has 0 aliphatic carbocycles. The Hall–Kier alpha value is 0.110. The highest BCUT2D eigenvalue weighted by Gasteiger charge is 1.99. The van der Waals surface area contributed by atoms with Gasteiger partial charge in [-0.2, -0.15) is 0 Å². The van der Waals surface area contributed by atoms with E-state index < -0.39 is 0 Å². The molecule has 0 N–H and O–H groups in total. The summed E-state index contributed by atoms with van der Waals surface area (Å²) in [6.07, 6.45) is 0.464. The number of halogens is 1. The molecule has 0 atom stereocenters. The van der Waals surface area contributed by atoms with Gasteiger partial charge in [-0.25, -0.2) is 0 Å². The first-order valence-electron chi connectivity index (χ1n) is 3.10. The number of carbonyl (C=O) groups excluding carboxylic acids is 1. The third-order valence-corrected chi connectivity index (χ3v) is 1.94. The average molecular weight is 183 g/mol. The van der Waals surface area contributed by atoms with Crippen molar-refractivity contribution in [3.05, 3.63) is 0 Å². The topological polar surface area (TPSA) is 26.3 Å². The van der Waals surface area contributed by atoms with Gasteiger partial charge < -0.3 is 4.74 Å². The summed E-state index contributed by atoms with van der Waals surface area (Å²) in [5, 5.41) is 0.541. The van der Waals surface area contributed by atoms with Crippen LogP contribution in [0.5, 0.6) is 0 Å². The standard InChI is InChI=1S/C6H11ClO2S/c1-2-9-6(8)3-4-10-5-7/h2-5H2,1H3. The molecule has 0 spiro atoms. The molecule has 0 aromatic carbocycles. The van der Waals surface area contributed by atoms with E-state index in [2.05, 4.69) is 0 Å². The van der Waals surface area contributed by atoms with E-state index in [1.807, 2.05) is 0 Å². The molecule has 0 heterocycles. The molecule has 0 aliphatic heterocycles. The Kier molecular flexibility index (Phi) is 7.30. The van der Waals surface area contributed by atoms with Crippen LogP contribution in [-0.4, -0.2) is 23.5 Å². The fourth-order valence-corrected chi connectivity index (χ4v) is 1.19. The second-order valence-corrected chi connectivity index (χ2v) is 3.26. The zero-order valence-corrected chi connectivity index (χ0v) is 7.50. The molecule has 0 unspecified atom stereocenters. The van der Waals surface area contributed by atoms with Crippen LogP contribution in [0.2, 0.25) is 0 Å². The fourth-order valence-electron chi connectivity index (χ4n) is 0.443. The Morgan fingerprint density at radius 3 is 2.90 bits per heavy atom.